The summed E-state index contributed by atoms with van der Waals surface area (Å²) in [5.41, 5.74) is 7.98. The van der Waals surface area contributed by atoms with Gasteiger partial charge in [-0.3, -0.25) is 0 Å². The predicted molar refractivity (Wildman–Crippen MR) is 63.1 cm³/mol. The first-order chi connectivity index (χ1) is 7.18. The van der Waals surface area contributed by atoms with Crippen LogP contribution in [-0.2, 0) is 0 Å². The maximum Gasteiger partial charge on any atom is 0.170 e. The summed E-state index contributed by atoms with van der Waals surface area (Å²) in [7, 11) is 0. The summed E-state index contributed by atoms with van der Waals surface area (Å²) in [6, 6.07) is 1.75. The lowest BCUT2D eigenvalue weighted by atomic mass is 10.1. The molecule has 0 atom stereocenters. The Morgan fingerprint density at radius 2 is 2.27 bits per heavy atom. The van der Waals surface area contributed by atoms with Crippen molar-refractivity contribution in [3.8, 4) is 0 Å². The second-order valence-electron chi connectivity index (χ2n) is 3.81. The molecule has 5 heteroatoms. The molecule has 3 rings (SSSR count). The Balaban J connectivity index is 2.37. The zero-order chi connectivity index (χ0) is 10.6. The first-order valence-electron chi connectivity index (χ1n) is 4.71. The first-order valence-corrected chi connectivity index (χ1v) is 5.88. The Bertz CT molecular complexity index is 548. The number of fused-ring (bicyclic) bond motifs is 1. The predicted octanol–water partition coefficient (Wildman–Crippen LogP) is 3.70. The highest BCUT2D eigenvalue weighted by Crippen LogP contribution is 2.46. The van der Waals surface area contributed by atoms with Crippen molar-refractivity contribution in [2.75, 3.05) is 5.73 Å². The third kappa shape index (κ3) is 1.35. The molecule has 1 aromatic heterocycles. The van der Waals surface area contributed by atoms with Gasteiger partial charge in [-0.1, -0.05) is 16.8 Å². The fraction of sp³-hybridized carbons (Fsp3) is 0.300. The molecular formula is C10H8BrClN2O. The summed E-state index contributed by atoms with van der Waals surface area (Å²) in [5, 5.41) is 5.57. The summed E-state index contributed by atoms with van der Waals surface area (Å²) in [6.07, 6.45) is 2.33. The van der Waals surface area contributed by atoms with Crippen LogP contribution in [0.1, 0.15) is 24.5 Å². The van der Waals surface area contributed by atoms with Gasteiger partial charge >= 0.3 is 0 Å². The van der Waals surface area contributed by atoms with Gasteiger partial charge in [-0.05, 0) is 28.8 Å². The molecule has 3 nitrogen and oxygen atoms in total. The largest absolute Gasteiger partial charge is 0.398 e. The van der Waals surface area contributed by atoms with E-state index in [0.29, 0.717) is 22.2 Å². The Kier molecular flexibility index (Phi) is 1.97. The molecule has 0 radical (unpaired) electrons. The zero-order valence-electron chi connectivity index (χ0n) is 7.76. The van der Waals surface area contributed by atoms with E-state index in [1.54, 1.807) is 6.07 Å². The number of nitrogens with zero attached hydrogens (tertiary/aromatic N) is 1. The summed E-state index contributed by atoms with van der Waals surface area (Å²) in [5.74, 6) is 0.513. The SMILES string of the molecule is Nc1cc2onc(C3CC3)c2c(Cl)c1Br. The van der Waals surface area contributed by atoms with Crippen molar-refractivity contribution in [1.82, 2.24) is 5.16 Å². The van der Waals surface area contributed by atoms with E-state index in [-0.39, 0.29) is 0 Å². The van der Waals surface area contributed by atoms with E-state index < -0.39 is 0 Å². The highest BCUT2D eigenvalue weighted by Gasteiger charge is 2.30. The van der Waals surface area contributed by atoms with Crippen LogP contribution in [0, 0.1) is 0 Å². The molecule has 2 aromatic rings. The van der Waals surface area contributed by atoms with E-state index in [4.69, 9.17) is 21.9 Å². The van der Waals surface area contributed by atoms with E-state index in [1.807, 2.05) is 0 Å². The average Bonchev–Trinajstić information content (AvgIpc) is 2.97. The quantitative estimate of drug-likeness (QED) is 0.814. The van der Waals surface area contributed by atoms with Gasteiger partial charge in [-0.15, -0.1) is 0 Å². The van der Waals surface area contributed by atoms with Crippen molar-refractivity contribution in [2.24, 2.45) is 0 Å². The number of nitrogens with two attached hydrogens (primary N) is 1. The number of anilines is 1. The molecule has 1 fully saturated rings. The monoisotopic (exact) mass is 286 g/mol. The lowest BCUT2D eigenvalue weighted by molar-refractivity contribution is 0.446. The van der Waals surface area contributed by atoms with Crippen LogP contribution < -0.4 is 5.73 Å². The van der Waals surface area contributed by atoms with Crippen LogP contribution in [0.25, 0.3) is 11.0 Å². The highest BCUT2D eigenvalue weighted by molar-refractivity contribution is 9.10. The van der Waals surface area contributed by atoms with Gasteiger partial charge in [0, 0.05) is 12.0 Å². The summed E-state index contributed by atoms with van der Waals surface area (Å²) >= 11 is 9.59. The van der Waals surface area contributed by atoms with Crippen molar-refractivity contribution in [3.63, 3.8) is 0 Å². The van der Waals surface area contributed by atoms with Crippen LogP contribution in [0.4, 0.5) is 5.69 Å². The van der Waals surface area contributed by atoms with E-state index in [1.165, 1.54) is 12.8 Å². The maximum atomic E-state index is 6.22. The highest BCUT2D eigenvalue weighted by atomic mass is 79.9. The Morgan fingerprint density at radius 1 is 1.53 bits per heavy atom. The molecule has 2 N–H and O–H groups in total. The van der Waals surface area contributed by atoms with Crippen molar-refractivity contribution < 1.29 is 4.52 Å². The third-order valence-electron chi connectivity index (χ3n) is 2.66. The molecular weight excluding hydrogens is 279 g/mol. The zero-order valence-corrected chi connectivity index (χ0v) is 10.1. The minimum Gasteiger partial charge on any atom is -0.398 e. The number of rotatable bonds is 1. The van der Waals surface area contributed by atoms with Crippen LogP contribution in [0.5, 0.6) is 0 Å². The second kappa shape index (κ2) is 3.12. The molecule has 0 aliphatic heterocycles. The van der Waals surface area contributed by atoms with Crippen molar-refractivity contribution in [3.05, 3.63) is 21.3 Å². The summed E-state index contributed by atoms with van der Waals surface area (Å²) in [4.78, 5) is 0. The van der Waals surface area contributed by atoms with Crippen LogP contribution in [-0.4, -0.2) is 5.16 Å². The van der Waals surface area contributed by atoms with E-state index in [9.17, 15) is 0 Å². The maximum absolute atomic E-state index is 6.22. The normalized spacial score (nSPS) is 16.1. The first kappa shape index (κ1) is 9.48. The molecule has 1 heterocycles. The number of hydrogen-bond donors (Lipinski definition) is 1. The Morgan fingerprint density at radius 3 is 2.93 bits per heavy atom. The van der Waals surface area contributed by atoms with Crippen LogP contribution >= 0.6 is 27.5 Å². The molecule has 1 aliphatic rings. The number of benzene rings is 1. The Hall–Kier alpha value is -0.740. The van der Waals surface area contributed by atoms with Gasteiger partial charge < -0.3 is 10.3 Å². The molecule has 0 spiro atoms. The van der Waals surface area contributed by atoms with Gasteiger partial charge in [0.25, 0.3) is 0 Å². The second-order valence-corrected chi connectivity index (χ2v) is 4.98. The van der Waals surface area contributed by atoms with E-state index in [2.05, 4.69) is 21.1 Å². The van der Waals surface area contributed by atoms with Gasteiger partial charge in [0.15, 0.2) is 5.58 Å². The van der Waals surface area contributed by atoms with Gasteiger partial charge in [-0.2, -0.15) is 0 Å². The van der Waals surface area contributed by atoms with E-state index in [0.717, 1.165) is 15.6 Å². The number of nitrogen functional groups attached to an aromatic ring is 1. The molecule has 15 heavy (non-hydrogen) atoms. The fourth-order valence-electron chi connectivity index (χ4n) is 1.71. The molecule has 0 amide bonds. The lowest BCUT2D eigenvalue weighted by Crippen LogP contribution is -1.88. The molecule has 78 valence electrons. The van der Waals surface area contributed by atoms with Crippen molar-refractivity contribution in [1.29, 1.82) is 0 Å². The van der Waals surface area contributed by atoms with Gasteiger partial charge in [0.05, 0.1) is 26.3 Å². The minimum absolute atomic E-state index is 0.513. The van der Waals surface area contributed by atoms with Crippen LogP contribution in [0.2, 0.25) is 5.02 Å². The molecule has 1 aromatic carbocycles. The number of halogens is 2. The summed E-state index contributed by atoms with van der Waals surface area (Å²) in [6.45, 7) is 0. The minimum atomic E-state index is 0.513. The molecule has 1 aliphatic carbocycles. The third-order valence-corrected chi connectivity index (χ3v) is 4.12. The van der Waals surface area contributed by atoms with Gasteiger partial charge in [0.1, 0.15) is 0 Å². The molecule has 0 unspecified atom stereocenters. The standard InChI is InChI=1S/C10H8BrClN2O/c11-8-5(13)3-6-7(9(8)12)10(14-15-6)4-1-2-4/h3-4H,1-2,13H2. The smallest absolute Gasteiger partial charge is 0.170 e. The topological polar surface area (TPSA) is 52.0 Å². The van der Waals surface area contributed by atoms with E-state index >= 15 is 0 Å². The summed E-state index contributed by atoms with van der Waals surface area (Å²) < 4.78 is 5.96. The Labute approximate surface area is 99.7 Å². The molecule has 0 saturated heterocycles. The average molecular weight is 288 g/mol. The number of aromatic nitrogens is 1. The van der Waals surface area contributed by atoms with Crippen LogP contribution in [0.3, 0.4) is 0 Å². The van der Waals surface area contributed by atoms with Gasteiger partial charge in [-0.25, -0.2) is 0 Å². The van der Waals surface area contributed by atoms with Crippen LogP contribution in [0.15, 0.2) is 15.1 Å². The lowest BCUT2D eigenvalue weighted by Gasteiger charge is -2.01. The van der Waals surface area contributed by atoms with Crippen molar-refractivity contribution in [2.45, 2.75) is 18.8 Å². The molecule has 1 saturated carbocycles. The number of hydrogen-bond acceptors (Lipinski definition) is 3. The fourth-order valence-corrected chi connectivity index (χ4v) is 2.32. The van der Waals surface area contributed by atoms with Crippen molar-refractivity contribution >= 4 is 44.2 Å². The van der Waals surface area contributed by atoms with Gasteiger partial charge in [0.2, 0.25) is 0 Å². The molecule has 0 bridgehead atoms.